The number of aromatic nitrogens is 1. The number of fused-ring (bicyclic) bond motifs is 1. The number of benzene rings is 2. The van der Waals surface area contributed by atoms with Crippen LogP contribution in [0.25, 0.3) is 16.3 Å². The van der Waals surface area contributed by atoms with Gasteiger partial charge in [-0.1, -0.05) is 30.3 Å². The third-order valence-corrected chi connectivity index (χ3v) is 5.08. The molecule has 6 heteroatoms. The number of amides is 1. The van der Waals surface area contributed by atoms with Gasteiger partial charge in [0.25, 0.3) is 5.91 Å². The maximum atomic E-state index is 13.1. The van der Waals surface area contributed by atoms with Crippen molar-refractivity contribution >= 4 is 51.4 Å². The van der Waals surface area contributed by atoms with Gasteiger partial charge in [-0.3, -0.25) is 4.79 Å². The zero-order chi connectivity index (χ0) is 18.7. The zero-order valence-electron chi connectivity index (χ0n) is 14.4. The molecule has 4 nitrogen and oxygen atoms in total. The first kappa shape index (κ1) is 18.1. The Bertz CT molecular complexity index is 1070. The average Bonchev–Trinajstić information content (AvgIpc) is 2.99. The van der Waals surface area contributed by atoms with Gasteiger partial charge >= 0.3 is 0 Å². The summed E-state index contributed by atoms with van der Waals surface area (Å²) < 4.78 is 1.68. The third-order valence-electron chi connectivity index (χ3n) is 3.88. The van der Waals surface area contributed by atoms with Crippen LogP contribution in [0.4, 0.5) is 5.69 Å². The van der Waals surface area contributed by atoms with Crippen LogP contribution in [0.1, 0.15) is 19.4 Å². The van der Waals surface area contributed by atoms with Gasteiger partial charge < -0.3 is 9.88 Å². The molecule has 0 aliphatic heterocycles. The standard InChI is InChI=1S/C20H17N3OS2/c1-13(2)23(16-8-9-17-18(11-16)26-20(25)22-17)19(24)15(12-21)10-14-6-4-3-5-7-14/h3-11,13H,1-2H3,(H,22,25). The maximum absolute atomic E-state index is 13.1. The lowest BCUT2D eigenvalue weighted by Gasteiger charge is -2.26. The zero-order valence-corrected chi connectivity index (χ0v) is 16.0. The third kappa shape index (κ3) is 3.74. The predicted octanol–water partition coefficient (Wildman–Crippen LogP) is 5.31. The number of carbonyl (C=O) groups excluding carboxylic acids is 1. The van der Waals surface area contributed by atoms with Crippen LogP contribution in [0.2, 0.25) is 0 Å². The molecule has 0 aliphatic rings. The van der Waals surface area contributed by atoms with Crippen LogP contribution in [-0.4, -0.2) is 16.9 Å². The fraction of sp³-hybridized carbons (Fsp3) is 0.150. The van der Waals surface area contributed by atoms with Crippen molar-refractivity contribution in [2.24, 2.45) is 0 Å². The monoisotopic (exact) mass is 379 g/mol. The molecule has 0 spiro atoms. The van der Waals surface area contributed by atoms with Crippen molar-refractivity contribution in [2.45, 2.75) is 19.9 Å². The highest BCUT2D eigenvalue weighted by atomic mass is 32.1. The fourth-order valence-corrected chi connectivity index (χ4v) is 3.87. The molecule has 0 saturated heterocycles. The summed E-state index contributed by atoms with van der Waals surface area (Å²) in [5.74, 6) is -0.315. The second-order valence-electron chi connectivity index (χ2n) is 6.04. The summed E-state index contributed by atoms with van der Waals surface area (Å²) in [6.45, 7) is 3.86. The number of nitrogens with one attached hydrogen (secondary N) is 1. The first-order chi connectivity index (χ1) is 12.5. The van der Waals surface area contributed by atoms with E-state index in [1.165, 1.54) is 11.3 Å². The molecule has 26 heavy (non-hydrogen) atoms. The summed E-state index contributed by atoms with van der Waals surface area (Å²) in [5.41, 5.74) is 2.61. The number of carbonyl (C=O) groups is 1. The normalized spacial score (nSPS) is 11.5. The van der Waals surface area contributed by atoms with E-state index in [-0.39, 0.29) is 17.5 Å². The number of hydrogen-bond donors (Lipinski definition) is 1. The van der Waals surface area contributed by atoms with Crippen molar-refractivity contribution in [3.05, 3.63) is 63.6 Å². The van der Waals surface area contributed by atoms with Crippen LogP contribution in [0.3, 0.4) is 0 Å². The van der Waals surface area contributed by atoms with Gasteiger partial charge in [-0.2, -0.15) is 5.26 Å². The number of rotatable bonds is 4. The van der Waals surface area contributed by atoms with Crippen molar-refractivity contribution in [2.75, 3.05) is 4.90 Å². The Morgan fingerprint density at radius 2 is 2.00 bits per heavy atom. The molecule has 0 bridgehead atoms. The van der Waals surface area contributed by atoms with Crippen LogP contribution < -0.4 is 4.90 Å². The summed E-state index contributed by atoms with van der Waals surface area (Å²) >= 11 is 6.65. The van der Waals surface area contributed by atoms with Crippen molar-refractivity contribution in [1.82, 2.24) is 4.98 Å². The fourth-order valence-electron chi connectivity index (χ4n) is 2.72. The lowest BCUT2D eigenvalue weighted by Crippen LogP contribution is -2.37. The SMILES string of the molecule is CC(C)N(C(=O)C(C#N)=Cc1ccccc1)c1ccc2[nH]c(=S)sc2c1. The molecular formula is C20H17N3OS2. The predicted molar refractivity (Wildman–Crippen MR) is 110 cm³/mol. The lowest BCUT2D eigenvalue weighted by molar-refractivity contribution is -0.115. The van der Waals surface area contributed by atoms with Gasteiger partial charge in [0.15, 0.2) is 3.95 Å². The van der Waals surface area contributed by atoms with Crippen LogP contribution in [0.15, 0.2) is 54.1 Å². The smallest absolute Gasteiger partial charge is 0.269 e. The maximum Gasteiger partial charge on any atom is 0.269 e. The topological polar surface area (TPSA) is 59.9 Å². The van der Waals surface area contributed by atoms with Gasteiger partial charge in [-0.15, -0.1) is 11.3 Å². The minimum Gasteiger partial charge on any atom is -0.337 e. The second-order valence-corrected chi connectivity index (χ2v) is 7.76. The quantitative estimate of drug-likeness (QED) is 0.380. The minimum absolute atomic E-state index is 0.0978. The number of aromatic amines is 1. The highest BCUT2D eigenvalue weighted by Gasteiger charge is 2.23. The molecule has 1 heterocycles. The van der Waals surface area contributed by atoms with Crippen molar-refractivity contribution < 1.29 is 4.79 Å². The van der Waals surface area contributed by atoms with Crippen molar-refractivity contribution in [3.8, 4) is 6.07 Å². The summed E-state index contributed by atoms with van der Waals surface area (Å²) in [5, 5.41) is 9.53. The summed E-state index contributed by atoms with van der Waals surface area (Å²) in [6, 6.07) is 17.0. The van der Waals surface area contributed by atoms with Gasteiger partial charge in [0.1, 0.15) is 11.6 Å². The summed E-state index contributed by atoms with van der Waals surface area (Å²) in [4.78, 5) is 17.8. The van der Waals surface area contributed by atoms with E-state index >= 15 is 0 Å². The van der Waals surface area contributed by atoms with Gasteiger partial charge in [-0.05, 0) is 55.9 Å². The average molecular weight is 380 g/mol. The molecule has 0 aliphatic carbocycles. The molecule has 0 fully saturated rings. The molecule has 1 N–H and O–H groups in total. The molecule has 130 valence electrons. The van der Waals surface area contributed by atoms with Crippen LogP contribution in [-0.2, 0) is 4.79 Å². The number of nitriles is 1. The molecule has 2 aromatic carbocycles. The van der Waals surface area contributed by atoms with Crippen molar-refractivity contribution in [3.63, 3.8) is 0 Å². The van der Waals surface area contributed by atoms with E-state index in [9.17, 15) is 10.1 Å². The Morgan fingerprint density at radius 1 is 1.27 bits per heavy atom. The Labute approximate surface area is 161 Å². The number of nitrogens with zero attached hydrogens (tertiary/aromatic N) is 2. The van der Waals surface area contributed by atoms with Crippen LogP contribution in [0.5, 0.6) is 0 Å². The molecule has 0 saturated carbocycles. The number of H-pyrrole nitrogens is 1. The van der Waals surface area contributed by atoms with Crippen LogP contribution in [0, 0.1) is 15.3 Å². The van der Waals surface area contributed by atoms with Crippen LogP contribution >= 0.6 is 23.6 Å². The van der Waals surface area contributed by atoms with E-state index in [0.717, 1.165) is 21.5 Å². The van der Waals surface area contributed by atoms with Gasteiger partial charge in [0.2, 0.25) is 0 Å². The summed E-state index contributed by atoms with van der Waals surface area (Å²) in [6.07, 6.45) is 1.62. The van der Waals surface area contributed by atoms with Gasteiger partial charge in [0.05, 0.1) is 10.2 Å². The van der Waals surface area contributed by atoms with E-state index in [1.807, 2.05) is 68.4 Å². The second kappa shape index (κ2) is 7.65. The highest BCUT2D eigenvalue weighted by Crippen LogP contribution is 2.28. The Morgan fingerprint density at radius 3 is 2.65 bits per heavy atom. The Kier molecular flexibility index (Phi) is 5.31. The minimum atomic E-state index is -0.315. The molecule has 0 unspecified atom stereocenters. The molecule has 1 aromatic heterocycles. The first-order valence-electron chi connectivity index (χ1n) is 8.13. The largest absolute Gasteiger partial charge is 0.337 e. The van der Waals surface area contributed by atoms with E-state index in [4.69, 9.17) is 12.2 Å². The summed E-state index contributed by atoms with van der Waals surface area (Å²) in [7, 11) is 0. The van der Waals surface area contributed by atoms with E-state index in [1.54, 1.807) is 11.0 Å². The molecule has 1 amide bonds. The molecular weight excluding hydrogens is 362 g/mol. The first-order valence-corrected chi connectivity index (χ1v) is 9.35. The highest BCUT2D eigenvalue weighted by molar-refractivity contribution is 7.73. The van der Waals surface area contributed by atoms with E-state index in [2.05, 4.69) is 4.98 Å². The van der Waals surface area contributed by atoms with E-state index in [0.29, 0.717) is 3.95 Å². The Hall–Kier alpha value is -2.75. The van der Waals surface area contributed by atoms with E-state index < -0.39 is 0 Å². The molecule has 3 rings (SSSR count). The molecule has 0 radical (unpaired) electrons. The molecule has 0 atom stereocenters. The number of hydrogen-bond acceptors (Lipinski definition) is 4. The molecule has 3 aromatic rings. The van der Waals surface area contributed by atoms with Crippen molar-refractivity contribution in [1.29, 1.82) is 5.26 Å². The number of anilines is 1. The lowest BCUT2D eigenvalue weighted by atomic mass is 10.1. The van der Waals surface area contributed by atoms with Gasteiger partial charge in [0, 0.05) is 11.7 Å². The Balaban J connectivity index is 2.02. The number of thiazole rings is 1. The van der Waals surface area contributed by atoms with Gasteiger partial charge in [-0.25, -0.2) is 0 Å².